The molecule has 2 N–H and O–H groups in total. The number of hydrogen-bond donors (Lipinski definition) is 2. The highest BCUT2D eigenvalue weighted by atomic mass is 32.2. The predicted molar refractivity (Wildman–Crippen MR) is 162 cm³/mol. The second-order valence-electron chi connectivity index (χ2n) is 8.90. The van der Waals surface area contributed by atoms with E-state index >= 15 is 0 Å². The van der Waals surface area contributed by atoms with Crippen molar-refractivity contribution < 1.29 is 9.59 Å². The molecule has 3 aromatic carbocycles. The predicted octanol–water partition coefficient (Wildman–Crippen LogP) is 6.03. The molecule has 3 aromatic rings. The van der Waals surface area contributed by atoms with Gasteiger partial charge in [0.05, 0.1) is 0 Å². The van der Waals surface area contributed by atoms with Crippen LogP contribution in [0.5, 0.6) is 0 Å². The summed E-state index contributed by atoms with van der Waals surface area (Å²) in [5.41, 5.74) is 2.59. The summed E-state index contributed by atoms with van der Waals surface area (Å²) < 4.78 is 0. The first-order chi connectivity index (χ1) is 18.1. The molecular formula is C30H36N2O2S3. The van der Waals surface area contributed by atoms with Gasteiger partial charge >= 0.3 is 0 Å². The molecular weight excluding hydrogens is 517 g/mol. The molecule has 0 spiro atoms. The number of carbonyl (C=O) groups excluding carboxylic acids is 2. The minimum atomic E-state index is -1.13. The number of hydrogen-bond acceptors (Lipinski definition) is 5. The van der Waals surface area contributed by atoms with Crippen LogP contribution in [0.2, 0.25) is 0 Å². The molecule has 0 saturated carbocycles. The maximum absolute atomic E-state index is 13.3. The van der Waals surface area contributed by atoms with Gasteiger partial charge < -0.3 is 10.6 Å². The fourth-order valence-corrected chi connectivity index (χ4v) is 6.41. The van der Waals surface area contributed by atoms with Crippen LogP contribution >= 0.6 is 35.3 Å². The van der Waals surface area contributed by atoms with Crippen LogP contribution < -0.4 is 10.6 Å². The summed E-state index contributed by atoms with van der Waals surface area (Å²) in [7, 11) is 0. The lowest BCUT2D eigenvalue weighted by Crippen LogP contribution is -2.52. The van der Waals surface area contributed by atoms with Gasteiger partial charge in [-0.3, -0.25) is 9.59 Å². The third-order valence-corrected chi connectivity index (χ3v) is 9.17. The van der Waals surface area contributed by atoms with Crippen molar-refractivity contribution in [3.63, 3.8) is 0 Å². The van der Waals surface area contributed by atoms with Crippen molar-refractivity contribution in [2.75, 3.05) is 30.3 Å². The van der Waals surface area contributed by atoms with Gasteiger partial charge in [-0.2, -0.15) is 35.3 Å². The Balaban J connectivity index is 1.47. The van der Waals surface area contributed by atoms with Gasteiger partial charge in [0, 0.05) is 47.6 Å². The summed E-state index contributed by atoms with van der Waals surface area (Å²) in [5.74, 6) is 4.18. The molecule has 0 aliphatic heterocycles. The summed E-state index contributed by atoms with van der Waals surface area (Å²) in [6, 6.07) is 30.7. The van der Waals surface area contributed by atoms with Crippen molar-refractivity contribution in [2.24, 2.45) is 5.41 Å². The SMILES string of the molecule is CC(CSCc1ccccc1)(C(=O)NCCSCc1ccccc1)C(=O)NCCSCc1ccccc1. The van der Waals surface area contributed by atoms with Gasteiger partial charge in [-0.25, -0.2) is 0 Å². The average Bonchev–Trinajstić information content (AvgIpc) is 2.94. The standard InChI is InChI=1S/C30H36N2O2S3/c1-30(24-37-23-27-15-9-4-10-16-27,28(33)31-17-19-35-21-25-11-5-2-6-12-25)29(34)32-18-20-36-22-26-13-7-3-8-14-26/h2-16H,17-24H2,1H3,(H,31,33)(H,32,34). The van der Waals surface area contributed by atoms with Crippen molar-refractivity contribution >= 4 is 47.1 Å². The molecule has 2 amide bonds. The van der Waals surface area contributed by atoms with Gasteiger partial charge in [-0.1, -0.05) is 91.0 Å². The maximum atomic E-state index is 13.3. The molecule has 3 rings (SSSR count). The third-order valence-electron chi connectivity index (χ3n) is 5.79. The fraction of sp³-hybridized carbons (Fsp3) is 0.333. The van der Waals surface area contributed by atoms with Gasteiger partial charge in [-0.05, 0) is 23.6 Å². The minimum absolute atomic E-state index is 0.206. The number of benzene rings is 3. The highest BCUT2D eigenvalue weighted by Gasteiger charge is 2.40. The van der Waals surface area contributed by atoms with Crippen LogP contribution in [0.15, 0.2) is 91.0 Å². The highest BCUT2D eigenvalue weighted by molar-refractivity contribution is 7.99. The van der Waals surface area contributed by atoms with E-state index in [0.29, 0.717) is 18.8 Å². The zero-order chi connectivity index (χ0) is 26.2. The van der Waals surface area contributed by atoms with E-state index in [4.69, 9.17) is 0 Å². The largest absolute Gasteiger partial charge is 0.354 e. The molecule has 0 aliphatic carbocycles. The lowest BCUT2D eigenvalue weighted by atomic mass is 9.90. The molecule has 4 nitrogen and oxygen atoms in total. The van der Waals surface area contributed by atoms with Crippen molar-refractivity contribution in [1.82, 2.24) is 10.6 Å². The molecule has 196 valence electrons. The Morgan fingerprint density at radius 3 is 1.32 bits per heavy atom. The van der Waals surface area contributed by atoms with Crippen LogP contribution in [-0.2, 0) is 26.8 Å². The van der Waals surface area contributed by atoms with Gasteiger partial charge in [-0.15, -0.1) is 0 Å². The highest BCUT2D eigenvalue weighted by Crippen LogP contribution is 2.26. The van der Waals surface area contributed by atoms with Crippen molar-refractivity contribution in [3.05, 3.63) is 108 Å². The van der Waals surface area contributed by atoms with Crippen LogP contribution in [0.4, 0.5) is 0 Å². The first-order valence-corrected chi connectivity index (χ1v) is 16.0. The quantitative estimate of drug-likeness (QED) is 0.168. The van der Waals surface area contributed by atoms with Gasteiger partial charge in [0.2, 0.25) is 11.8 Å². The molecule has 0 bridgehead atoms. The number of nitrogens with one attached hydrogen (secondary N) is 2. The fourth-order valence-electron chi connectivity index (χ4n) is 3.57. The van der Waals surface area contributed by atoms with Gasteiger partial charge in [0.25, 0.3) is 0 Å². The van der Waals surface area contributed by atoms with E-state index in [0.717, 1.165) is 28.8 Å². The van der Waals surface area contributed by atoms with E-state index in [1.807, 2.05) is 54.6 Å². The normalized spacial score (nSPS) is 11.2. The number of thioether (sulfide) groups is 3. The van der Waals surface area contributed by atoms with E-state index in [1.165, 1.54) is 16.7 Å². The first kappa shape index (κ1) is 29.2. The second kappa shape index (κ2) is 16.5. The number of carbonyl (C=O) groups is 2. The van der Waals surface area contributed by atoms with Crippen molar-refractivity contribution in [1.29, 1.82) is 0 Å². The monoisotopic (exact) mass is 552 g/mol. The lowest BCUT2D eigenvalue weighted by Gasteiger charge is -2.27. The zero-order valence-corrected chi connectivity index (χ0v) is 23.8. The Kier molecular flexibility index (Phi) is 13.0. The zero-order valence-electron chi connectivity index (χ0n) is 21.4. The second-order valence-corrected chi connectivity index (χ2v) is 12.1. The van der Waals surface area contributed by atoms with Crippen LogP contribution in [0.25, 0.3) is 0 Å². The van der Waals surface area contributed by atoms with Crippen LogP contribution in [-0.4, -0.2) is 42.2 Å². The number of amides is 2. The Morgan fingerprint density at radius 1 is 0.595 bits per heavy atom. The molecule has 0 aliphatic rings. The van der Waals surface area contributed by atoms with E-state index in [9.17, 15) is 9.59 Å². The van der Waals surface area contributed by atoms with E-state index < -0.39 is 5.41 Å². The maximum Gasteiger partial charge on any atom is 0.236 e. The van der Waals surface area contributed by atoms with Crippen molar-refractivity contribution in [2.45, 2.75) is 24.2 Å². The number of rotatable bonds is 16. The van der Waals surface area contributed by atoms with Crippen molar-refractivity contribution in [3.8, 4) is 0 Å². The van der Waals surface area contributed by atoms with E-state index in [-0.39, 0.29) is 11.8 Å². The Bertz CT molecular complexity index is 1000. The average molecular weight is 553 g/mol. The van der Waals surface area contributed by atoms with Crippen LogP contribution in [0.1, 0.15) is 23.6 Å². The summed E-state index contributed by atoms with van der Waals surface area (Å²) in [6.45, 7) is 2.84. The molecule has 7 heteroatoms. The molecule has 0 atom stereocenters. The molecule has 37 heavy (non-hydrogen) atoms. The van der Waals surface area contributed by atoms with Crippen LogP contribution in [0, 0.1) is 5.41 Å². The van der Waals surface area contributed by atoms with Crippen LogP contribution in [0.3, 0.4) is 0 Å². The first-order valence-electron chi connectivity index (χ1n) is 12.5. The molecule has 0 saturated heterocycles. The Hall–Kier alpha value is -2.35. The third kappa shape index (κ3) is 10.5. The minimum Gasteiger partial charge on any atom is -0.354 e. The lowest BCUT2D eigenvalue weighted by molar-refractivity contribution is -0.140. The molecule has 0 fully saturated rings. The van der Waals surface area contributed by atoms with E-state index in [2.05, 4.69) is 47.0 Å². The molecule has 0 radical (unpaired) electrons. The van der Waals surface area contributed by atoms with Gasteiger partial charge in [0.1, 0.15) is 5.41 Å². The topological polar surface area (TPSA) is 58.2 Å². The summed E-state index contributed by atoms with van der Waals surface area (Å²) >= 11 is 5.17. The molecule has 0 aromatic heterocycles. The summed E-state index contributed by atoms with van der Waals surface area (Å²) in [6.07, 6.45) is 0. The smallest absolute Gasteiger partial charge is 0.236 e. The summed E-state index contributed by atoms with van der Waals surface area (Å²) in [4.78, 5) is 26.5. The Labute approximate surface area is 234 Å². The summed E-state index contributed by atoms with van der Waals surface area (Å²) in [5, 5.41) is 6.05. The Morgan fingerprint density at radius 2 is 0.946 bits per heavy atom. The van der Waals surface area contributed by atoms with E-state index in [1.54, 1.807) is 42.2 Å². The van der Waals surface area contributed by atoms with Gasteiger partial charge in [0.15, 0.2) is 0 Å². The molecule has 0 unspecified atom stereocenters. The molecule has 0 heterocycles.